The van der Waals surface area contributed by atoms with Crippen molar-refractivity contribution in [2.75, 3.05) is 13.2 Å². The molecular weight excluding hydrogens is 188 g/mol. The molecule has 1 heterocycles. The molecule has 0 radical (unpaired) electrons. The highest BCUT2D eigenvalue weighted by Crippen LogP contribution is 2.16. The molecule has 2 rings (SSSR count). The van der Waals surface area contributed by atoms with E-state index < -0.39 is 0 Å². The quantitative estimate of drug-likeness (QED) is 0.799. The SMILES string of the molecule is Cc1ccccc1[C@H](C)NC1=NCCO1. The zero-order chi connectivity index (χ0) is 10.7. The Hall–Kier alpha value is -1.51. The summed E-state index contributed by atoms with van der Waals surface area (Å²) in [6.45, 7) is 5.70. The van der Waals surface area contributed by atoms with Gasteiger partial charge in [0, 0.05) is 0 Å². The molecule has 3 heteroatoms. The number of nitrogens with zero attached hydrogens (tertiary/aromatic N) is 1. The average molecular weight is 204 g/mol. The molecule has 0 fully saturated rings. The summed E-state index contributed by atoms with van der Waals surface area (Å²) in [4.78, 5) is 4.21. The number of benzene rings is 1. The highest BCUT2D eigenvalue weighted by molar-refractivity contribution is 5.75. The first kappa shape index (κ1) is 10.0. The lowest BCUT2D eigenvalue weighted by Crippen LogP contribution is -2.27. The number of ether oxygens (including phenoxy) is 1. The minimum atomic E-state index is 0.239. The maximum atomic E-state index is 5.32. The summed E-state index contributed by atoms with van der Waals surface area (Å²) in [7, 11) is 0. The normalized spacial score (nSPS) is 16.8. The zero-order valence-corrected chi connectivity index (χ0v) is 9.16. The van der Waals surface area contributed by atoms with E-state index in [1.165, 1.54) is 11.1 Å². The van der Waals surface area contributed by atoms with Crippen molar-refractivity contribution in [3.63, 3.8) is 0 Å². The molecule has 0 saturated heterocycles. The molecule has 0 aromatic heterocycles. The highest BCUT2D eigenvalue weighted by Gasteiger charge is 2.13. The van der Waals surface area contributed by atoms with Crippen molar-refractivity contribution >= 4 is 6.02 Å². The Labute approximate surface area is 90.2 Å². The van der Waals surface area contributed by atoms with Gasteiger partial charge in [0.1, 0.15) is 6.61 Å². The smallest absolute Gasteiger partial charge is 0.285 e. The molecule has 0 spiro atoms. The van der Waals surface area contributed by atoms with Crippen LogP contribution < -0.4 is 5.32 Å². The number of rotatable bonds is 2. The maximum Gasteiger partial charge on any atom is 0.285 e. The Bertz CT molecular complexity index is 374. The van der Waals surface area contributed by atoms with Gasteiger partial charge in [-0.3, -0.25) is 0 Å². The third-order valence-electron chi connectivity index (χ3n) is 2.58. The van der Waals surface area contributed by atoms with Crippen LogP contribution in [0.1, 0.15) is 24.1 Å². The summed E-state index contributed by atoms with van der Waals surface area (Å²) < 4.78 is 5.32. The highest BCUT2D eigenvalue weighted by atomic mass is 16.5. The van der Waals surface area contributed by atoms with Gasteiger partial charge >= 0.3 is 0 Å². The van der Waals surface area contributed by atoms with Crippen LogP contribution in [0.2, 0.25) is 0 Å². The summed E-state index contributed by atoms with van der Waals surface area (Å²) in [5, 5.41) is 3.26. The maximum absolute atomic E-state index is 5.32. The lowest BCUT2D eigenvalue weighted by atomic mass is 10.0. The Morgan fingerprint density at radius 2 is 2.20 bits per heavy atom. The molecular formula is C12H16N2O. The van der Waals surface area contributed by atoms with Crippen LogP contribution in [0.5, 0.6) is 0 Å². The molecule has 1 aliphatic heterocycles. The van der Waals surface area contributed by atoms with Gasteiger partial charge in [-0.05, 0) is 25.0 Å². The average Bonchev–Trinajstić information content (AvgIpc) is 2.71. The molecule has 0 amide bonds. The molecule has 80 valence electrons. The number of nitrogens with one attached hydrogen (secondary N) is 1. The standard InChI is InChI=1S/C12H16N2O/c1-9-5-3-4-6-11(9)10(2)14-12-13-7-8-15-12/h3-6,10H,7-8H2,1-2H3,(H,13,14)/t10-/m0/s1. The van der Waals surface area contributed by atoms with E-state index in [0.717, 1.165) is 6.54 Å². The van der Waals surface area contributed by atoms with E-state index in [9.17, 15) is 0 Å². The molecule has 0 bridgehead atoms. The Morgan fingerprint density at radius 3 is 2.87 bits per heavy atom. The second-order valence-electron chi connectivity index (χ2n) is 3.76. The van der Waals surface area contributed by atoms with Gasteiger partial charge in [-0.25, -0.2) is 4.99 Å². The second kappa shape index (κ2) is 4.34. The summed E-state index contributed by atoms with van der Waals surface area (Å²) >= 11 is 0. The molecule has 0 saturated carbocycles. The van der Waals surface area contributed by atoms with E-state index in [4.69, 9.17) is 4.74 Å². The summed E-state index contributed by atoms with van der Waals surface area (Å²) in [6.07, 6.45) is 0. The number of amidine groups is 1. The minimum Gasteiger partial charge on any atom is -0.463 e. The van der Waals surface area contributed by atoms with Crippen LogP contribution in [-0.2, 0) is 4.74 Å². The van der Waals surface area contributed by atoms with Crippen LogP contribution in [0.15, 0.2) is 29.3 Å². The van der Waals surface area contributed by atoms with Crippen LogP contribution in [-0.4, -0.2) is 19.2 Å². The van der Waals surface area contributed by atoms with Crippen molar-refractivity contribution in [2.45, 2.75) is 19.9 Å². The van der Waals surface area contributed by atoms with Crippen LogP contribution in [0.25, 0.3) is 0 Å². The fourth-order valence-corrected chi connectivity index (χ4v) is 1.76. The number of hydrogen-bond acceptors (Lipinski definition) is 3. The molecule has 0 aliphatic carbocycles. The molecule has 3 nitrogen and oxygen atoms in total. The minimum absolute atomic E-state index is 0.239. The van der Waals surface area contributed by atoms with Crippen LogP contribution >= 0.6 is 0 Å². The van der Waals surface area contributed by atoms with Crippen molar-refractivity contribution in [2.24, 2.45) is 4.99 Å². The van der Waals surface area contributed by atoms with Crippen LogP contribution in [0, 0.1) is 6.92 Å². The largest absolute Gasteiger partial charge is 0.463 e. The van der Waals surface area contributed by atoms with Crippen molar-refractivity contribution < 1.29 is 4.74 Å². The van der Waals surface area contributed by atoms with E-state index in [2.05, 4.69) is 48.4 Å². The molecule has 0 unspecified atom stereocenters. The number of hydrogen-bond donors (Lipinski definition) is 1. The van der Waals surface area contributed by atoms with Gasteiger partial charge in [0.25, 0.3) is 6.02 Å². The Kier molecular flexibility index (Phi) is 2.90. The van der Waals surface area contributed by atoms with Gasteiger partial charge in [0.2, 0.25) is 0 Å². The van der Waals surface area contributed by atoms with E-state index in [1.54, 1.807) is 0 Å². The molecule has 1 aromatic carbocycles. The van der Waals surface area contributed by atoms with Gasteiger partial charge in [0.15, 0.2) is 0 Å². The predicted molar refractivity (Wildman–Crippen MR) is 61.0 cm³/mol. The van der Waals surface area contributed by atoms with Crippen LogP contribution in [0.3, 0.4) is 0 Å². The summed E-state index contributed by atoms with van der Waals surface area (Å²) in [6, 6.07) is 9.26. The van der Waals surface area contributed by atoms with E-state index >= 15 is 0 Å². The van der Waals surface area contributed by atoms with Crippen molar-refractivity contribution in [1.82, 2.24) is 5.32 Å². The van der Waals surface area contributed by atoms with Gasteiger partial charge in [-0.1, -0.05) is 24.3 Å². The third kappa shape index (κ3) is 2.29. The van der Waals surface area contributed by atoms with Crippen molar-refractivity contribution in [1.29, 1.82) is 0 Å². The summed E-state index contributed by atoms with van der Waals surface area (Å²) in [5.74, 6) is 0. The van der Waals surface area contributed by atoms with Gasteiger partial charge in [0.05, 0.1) is 12.6 Å². The lowest BCUT2D eigenvalue weighted by molar-refractivity contribution is 0.326. The fraction of sp³-hybridized carbons (Fsp3) is 0.417. The first-order valence-electron chi connectivity index (χ1n) is 5.26. The first-order valence-corrected chi connectivity index (χ1v) is 5.26. The zero-order valence-electron chi connectivity index (χ0n) is 9.16. The molecule has 1 aromatic rings. The molecule has 1 N–H and O–H groups in total. The summed E-state index contributed by atoms with van der Waals surface area (Å²) in [5.41, 5.74) is 2.58. The van der Waals surface area contributed by atoms with Gasteiger partial charge in [-0.15, -0.1) is 0 Å². The fourth-order valence-electron chi connectivity index (χ4n) is 1.76. The van der Waals surface area contributed by atoms with Crippen LogP contribution in [0.4, 0.5) is 0 Å². The van der Waals surface area contributed by atoms with E-state index in [-0.39, 0.29) is 6.04 Å². The third-order valence-corrected chi connectivity index (χ3v) is 2.58. The molecule has 1 aliphatic rings. The topological polar surface area (TPSA) is 33.6 Å². The second-order valence-corrected chi connectivity index (χ2v) is 3.76. The lowest BCUT2D eigenvalue weighted by Gasteiger charge is -2.16. The molecule has 15 heavy (non-hydrogen) atoms. The molecule has 1 atom stereocenters. The predicted octanol–water partition coefficient (Wildman–Crippen LogP) is 2.03. The Morgan fingerprint density at radius 1 is 1.40 bits per heavy atom. The number of aryl methyl sites for hydroxylation is 1. The van der Waals surface area contributed by atoms with Gasteiger partial charge in [-0.2, -0.15) is 0 Å². The van der Waals surface area contributed by atoms with Gasteiger partial charge < -0.3 is 10.1 Å². The monoisotopic (exact) mass is 204 g/mol. The first-order chi connectivity index (χ1) is 7.27. The van der Waals surface area contributed by atoms with Crippen molar-refractivity contribution in [3.8, 4) is 0 Å². The number of aliphatic imine (C=N–C) groups is 1. The Balaban J connectivity index is 2.07. The van der Waals surface area contributed by atoms with E-state index in [0.29, 0.717) is 12.6 Å². The van der Waals surface area contributed by atoms with E-state index in [1.807, 2.05) is 0 Å². The van der Waals surface area contributed by atoms with Crippen molar-refractivity contribution in [3.05, 3.63) is 35.4 Å².